The van der Waals surface area contributed by atoms with Crippen molar-refractivity contribution in [2.45, 2.75) is 39.7 Å². The largest absolute Gasteiger partial charge is 0.454 e. The van der Waals surface area contributed by atoms with Gasteiger partial charge in [-0.25, -0.2) is 4.79 Å². The third kappa shape index (κ3) is 3.81. The van der Waals surface area contributed by atoms with Crippen molar-refractivity contribution in [2.75, 3.05) is 13.4 Å². The maximum atomic E-state index is 13.2. The molecule has 4 aromatic rings. The highest BCUT2D eigenvalue weighted by Gasteiger charge is 2.26. The maximum Gasteiger partial charge on any atom is 0.339 e. The van der Waals surface area contributed by atoms with Gasteiger partial charge in [0.25, 0.3) is 0 Å². The number of ether oxygens (including phenoxy) is 3. The van der Waals surface area contributed by atoms with Crippen molar-refractivity contribution in [1.82, 2.24) is 9.55 Å². The van der Waals surface area contributed by atoms with Gasteiger partial charge in [0.1, 0.15) is 0 Å². The summed E-state index contributed by atoms with van der Waals surface area (Å²) in [5, 5.41) is 0.775. The van der Waals surface area contributed by atoms with Crippen LogP contribution >= 0.6 is 0 Å². The van der Waals surface area contributed by atoms with Crippen LogP contribution in [0.25, 0.3) is 10.9 Å². The summed E-state index contributed by atoms with van der Waals surface area (Å²) >= 11 is 0. The Labute approximate surface area is 208 Å². The van der Waals surface area contributed by atoms with E-state index in [1.165, 1.54) is 0 Å². The molecule has 0 N–H and O–H groups in total. The second-order valence-electron chi connectivity index (χ2n) is 9.34. The Morgan fingerprint density at radius 1 is 1.03 bits per heavy atom. The van der Waals surface area contributed by atoms with Crippen molar-refractivity contribution >= 4 is 22.7 Å². The number of ketones is 1. The number of aromatic nitrogens is 2. The van der Waals surface area contributed by atoms with Gasteiger partial charge in [-0.05, 0) is 68.5 Å². The van der Waals surface area contributed by atoms with Crippen LogP contribution in [0.5, 0.6) is 11.5 Å². The zero-order valence-corrected chi connectivity index (χ0v) is 20.3. The first-order chi connectivity index (χ1) is 17.5. The number of benzene rings is 2. The molecule has 0 unspecified atom stereocenters. The number of carbonyl (C=O) groups is 2. The van der Waals surface area contributed by atoms with E-state index in [0.717, 1.165) is 69.9 Å². The molecule has 6 rings (SSSR count). The van der Waals surface area contributed by atoms with E-state index in [9.17, 15) is 9.59 Å². The first-order valence-corrected chi connectivity index (χ1v) is 12.2. The highest BCUT2D eigenvalue weighted by Crippen LogP contribution is 2.33. The molecule has 0 spiro atoms. The number of esters is 1. The highest BCUT2D eigenvalue weighted by molar-refractivity contribution is 6.06. The third-order valence-electron chi connectivity index (χ3n) is 7.11. The molecule has 1 aliphatic heterocycles. The van der Waals surface area contributed by atoms with Crippen LogP contribution in [0.3, 0.4) is 0 Å². The van der Waals surface area contributed by atoms with Crippen LogP contribution in [-0.4, -0.2) is 34.7 Å². The molecule has 1 aliphatic carbocycles. The first kappa shape index (κ1) is 22.3. The Morgan fingerprint density at radius 3 is 2.75 bits per heavy atom. The number of hydrogen-bond donors (Lipinski definition) is 0. The topological polar surface area (TPSA) is 79.7 Å². The number of nitrogens with zero attached hydrogens (tertiary/aromatic N) is 2. The van der Waals surface area contributed by atoms with Crippen molar-refractivity contribution in [3.63, 3.8) is 0 Å². The van der Waals surface area contributed by atoms with Gasteiger partial charge in [-0.3, -0.25) is 9.78 Å². The molecule has 36 heavy (non-hydrogen) atoms. The number of para-hydroxylation sites is 1. The summed E-state index contributed by atoms with van der Waals surface area (Å²) in [6.45, 7) is 4.40. The lowest BCUT2D eigenvalue weighted by molar-refractivity contribution is 0.0475. The van der Waals surface area contributed by atoms with E-state index in [2.05, 4.69) is 4.57 Å². The number of pyridine rings is 1. The molecule has 0 atom stereocenters. The number of carbonyl (C=O) groups excluding carboxylic acids is 2. The Morgan fingerprint density at radius 2 is 1.86 bits per heavy atom. The third-order valence-corrected chi connectivity index (χ3v) is 7.11. The van der Waals surface area contributed by atoms with Crippen LogP contribution in [0.1, 0.15) is 55.3 Å². The molecular formula is C29H26N2O5. The van der Waals surface area contributed by atoms with Crippen LogP contribution in [0.4, 0.5) is 0 Å². The molecule has 182 valence electrons. The van der Waals surface area contributed by atoms with Gasteiger partial charge in [-0.2, -0.15) is 0 Å². The average Bonchev–Trinajstić information content (AvgIpc) is 3.61. The molecule has 2 aliphatic rings. The first-order valence-electron chi connectivity index (χ1n) is 12.2. The monoisotopic (exact) mass is 482 g/mol. The molecule has 0 bridgehead atoms. The molecule has 0 amide bonds. The Balaban J connectivity index is 1.21. The van der Waals surface area contributed by atoms with Crippen LogP contribution in [0.15, 0.2) is 48.5 Å². The minimum absolute atomic E-state index is 0.219. The Hall–Kier alpha value is -4.13. The molecule has 0 fully saturated rings. The van der Waals surface area contributed by atoms with Crippen LogP contribution < -0.4 is 9.47 Å². The SMILES string of the molecule is Cc1cc(C(=O)COC(=O)c2c3c(nc4ccccc24)CCC3)c(C)n1Cc1ccc2c(c1)OCO2. The summed E-state index contributed by atoms with van der Waals surface area (Å²) < 4.78 is 18.6. The fraction of sp³-hybridized carbons (Fsp3) is 0.276. The predicted molar refractivity (Wildman–Crippen MR) is 134 cm³/mol. The van der Waals surface area contributed by atoms with Gasteiger partial charge in [0.05, 0.1) is 11.1 Å². The van der Waals surface area contributed by atoms with E-state index in [-0.39, 0.29) is 19.2 Å². The quantitative estimate of drug-likeness (QED) is 0.286. The number of rotatable bonds is 6. The molecule has 7 heteroatoms. The second kappa shape index (κ2) is 8.82. The molecule has 0 radical (unpaired) electrons. The van der Waals surface area contributed by atoms with Crippen LogP contribution in [0.2, 0.25) is 0 Å². The van der Waals surface area contributed by atoms with E-state index >= 15 is 0 Å². The maximum absolute atomic E-state index is 13.2. The van der Waals surface area contributed by atoms with Gasteiger partial charge in [-0.1, -0.05) is 24.3 Å². The number of fused-ring (bicyclic) bond motifs is 3. The van der Waals surface area contributed by atoms with Crippen molar-refractivity contribution in [2.24, 2.45) is 0 Å². The van der Waals surface area contributed by atoms with Crippen molar-refractivity contribution < 1.29 is 23.8 Å². The molecule has 3 heterocycles. The second-order valence-corrected chi connectivity index (χ2v) is 9.34. The molecule has 0 saturated heterocycles. The number of Topliss-reactive ketones (excluding diaryl/α,β-unsaturated/α-hetero) is 1. The van der Waals surface area contributed by atoms with Crippen LogP contribution in [-0.2, 0) is 24.1 Å². The van der Waals surface area contributed by atoms with Gasteiger partial charge in [0.2, 0.25) is 12.6 Å². The fourth-order valence-corrected chi connectivity index (χ4v) is 5.27. The molecule has 0 saturated carbocycles. The summed E-state index contributed by atoms with van der Waals surface area (Å²) in [6, 6.07) is 15.3. The molecule has 7 nitrogen and oxygen atoms in total. The number of hydrogen-bond acceptors (Lipinski definition) is 6. The van der Waals surface area contributed by atoms with E-state index in [1.54, 1.807) is 0 Å². The lowest BCUT2D eigenvalue weighted by Gasteiger charge is -2.12. The molecular weight excluding hydrogens is 456 g/mol. The normalized spacial score (nSPS) is 13.7. The lowest BCUT2D eigenvalue weighted by Crippen LogP contribution is -2.17. The Bertz CT molecular complexity index is 1530. The van der Waals surface area contributed by atoms with Gasteiger partial charge >= 0.3 is 5.97 Å². The van der Waals surface area contributed by atoms with Crippen molar-refractivity contribution in [3.8, 4) is 11.5 Å². The lowest BCUT2D eigenvalue weighted by atomic mass is 10.0. The smallest absolute Gasteiger partial charge is 0.339 e. The average molecular weight is 483 g/mol. The zero-order valence-electron chi connectivity index (χ0n) is 20.3. The Kier molecular flexibility index (Phi) is 5.48. The van der Waals surface area contributed by atoms with E-state index in [1.807, 2.05) is 62.4 Å². The summed E-state index contributed by atoms with van der Waals surface area (Å²) in [6.07, 6.45) is 2.62. The van der Waals surface area contributed by atoms with E-state index in [4.69, 9.17) is 19.2 Å². The van der Waals surface area contributed by atoms with E-state index < -0.39 is 5.97 Å². The summed E-state index contributed by atoms with van der Waals surface area (Å²) in [4.78, 5) is 31.1. The van der Waals surface area contributed by atoms with Gasteiger partial charge in [0.15, 0.2) is 18.1 Å². The molecule has 2 aromatic heterocycles. The zero-order chi connectivity index (χ0) is 24.8. The van der Waals surface area contributed by atoms with Crippen molar-refractivity contribution in [3.05, 3.63) is 87.9 Å². The predicted octanol–water partition coefficient (Wildman–Crippen LogP) is 4.96. The minimum Gasteiger partial charge on any atom is -0.454 e. The number of aryl methyl sites for hydroxylation is 2. The van der Waals surface area contributed by atoms with Gasteiger partial charge in [0, 0.05) is 34.6 Å². The summed E-state index contributed by atoms with van der Waals surface area (Å²) in [5.74, 6) is 0.788. The van der Waals surface area contributed by atoms with Gasteiger partial charge < -0.3 is 18.8 Å². The standard InChI is InChI=1S/C29H26N2O5/c1-17-12-22(18(2)31(17)14-19-10-11-26-27(13-19)36-16-35-26)25(32)15-34-29(33)28-20-6-3-4-8-23(20)30-24-9-5-7-21(24)28/h3-4,6,8,10-13H,5,7,9,14-16H2,1-2H3. The van der Waals surface area contributed by atoms with Gasteiger partial charge in [-0.15, -0.1) is 0 Å². The summed E-state index contributed by atoms with van der Waals surface area (Å²) in [5.41, 5.74) is 6.64. The van der Waals surface area contributed by atoms with E-state index in [0.29, 0.717) is 17.7 Å². The van der Waals surface area contributed by atoms with Crippen LogP contribution in [0, 0.1) is 13.8 Å². The summed E-state index contributed by atoms with van der Waals surface area (Å²) in [7, 11) is 0. The molecule has 2 aromatic carbocycles. The minimum atomic E-state index is -0.464. The highest BCUT2D eigenvalue weighted by atomic mass is 16.7. The fourth-order valence-electron chi connectivity index (χ4n) is 5.27. The van der Waals surface area contributed by atoms with Crippen molar-refractivity contribution in [1.29, 1.82) is 0 Å².